The lowest BCUT2D eigenvalue weighted by Crippen LogP contribution is -2.44. The third-order valence-corrected chi connectivity index (χ3v) is 7.45. The van der Waals surface area contributed by atoms with Crippen LogP contribution in [-0.2, 0) is 14.8 Å². The van der Waals surface area contributed by atoms with E-state index in [0.29, 0.717) is 12.8 Å². The Hall–Kier alpha value is -1.93. The van der Waals surface area contributed by atoms with Gasteiger partial charge in [-0.1, -0.05) is 25.0 Å². The lowest BCUT2D eigenvalue weighted by molar-refractivity contribution is -0.136. The number of hydrogen-bond donors (Lipinski definition) is 1. The van der Waals surface area contributed by atoms with E-state index in [4.69, 9.17) is 5.73 Å². The van der Waals surface area contributed by atoms with Crippen molar-refractivity contribution in [3.05, 3.63) is 29.8 Å². The van der Waals surface area contributed by atoms with Crippen molar-refractivity contribution in [1.29, 1.82) is 0 Å². The number of sulfonamides is 1. The molecule has 2 N–H and O–H groups in total. The summed E-state index contributed by atoms with van der Waals surface area (Å²) in [5.74, 6) is -0.729. The molecule has 0 radical (unpaired) electrons. The standard InChI is InChI=1S/C19H27N3O4S/c20-18(23)16-7-3-4-8-17(16)27(25,26)22-13-9-15(10-14-22)19(24)21-11-5-1-2-6-12-21/h3-4,7-8,15H,1-2,5-6,9-14H2,(H2,20,23). The van der Waals surface area contributed by atoms with E-state index < -0.39 is 15.9 Å². The summed E-state index contributed by atoms with van der Waals surface area (Å²) in [5, 5.41) is 0. The highest BCUT2D eigenvalue weighted by Gasteiger charge is 2.35. The van der Waals surface area contributed by atoms with E-state index >= 15 is 0 Å². The zero-order valence-electron chi connectivity index (χ0n) is 15.5. The maximum atomic E-state index is 13.0. The van der Waals surface area contributed by atoms with Crippen molar-refractivity contribution >= 4 is 21.8 Å². The van der Waals surface area contributed by atoms with Crippen LogP contribution in [0, 0.1) is 5.92 Å². The van der Waals surface area contributed by atoms with Crippen LogP contribution in [0.4, 0.5) is 0 Å². The number of rotatable bonds is 4. The maximum absolute atomic E-state index is 13.0. The zero-order chi connectivity index (χ0) is 19.4. The smallest absolute Gasteiger partial charge is 0.250 e. The van der Waals surface area contributed by atoms with Gasteiger partial charge in [0.1, 0.15) is 0 Å². The quantitative estimate of drug-likeness (QED) is 0.839. The first kappa shape index (κ1) is 19.8. The van der Waals surface area contributed by atoms with Gasteiger partial charge in [0.15, 0.2) is 0 Å². The predicted molar refractivity (Wildman–Crippen MR) is 101 cm³/mol. The molecule has 1 aromatic rings. The number of likely N-dealkylation sites (tertiary alicyclic amines) is 1. The van der Waals surface area contributed by atoms with Crippen molar-refractivity contribution < 1.29 is 18.0 Å². The third kappa shape index (κ3) is 4.32. The van der Waals surface area contributed by atoms with E-state index in [1.165, 1.54) is 29.3 Å². The molecule has 2 aliphatic rings. The number of amides is 2. The number of nitrogens with two attached hydrogens (primary N) is 1. The molecule has 0 atom stereocenters. The highest BCUT2D eigenvalue weighted by molar-refractivity contribution is 7.89. The van der Waals surface area contributed by atoms with Crippen molar-refractivity contribution in [2.75, 3.05) is 26.2 Å². The van der Waals surface area contributed by atoms with E-state index in [2.05, 4.69) is 0 Å². The summed E-state index contributed by atoms with van der Waals surface area (Å²) >= 11 is 0. The Morgan fingerprint density at radius 1 is 0.926 bits per heavy atom. The van der Waals surface area contributed by atoms with Crippen molar-refractivity contribution in [1.82, 2.24) is 9.21 Å². The first-order valence-corrected chi connectivity index (χ1v) is 11.0. The van der Waals surface area contributed by atoms with Crippen LogP contribution >= 0.6 is 0 Å². The highest BCUT2D eigenvalue weighted by Crippen LogP contribution is 2.27. The minimum atomic E-state index is -3.81. The molecule has 0 unspecified atom stereocenters. The maximum Gasteiger partial charge on any atom is 0.250 e. The van der Waals surface area contributed by atoms with Crippen molar-refractivity contribution in [2.45, 2.75) is 43.4 Å². The Kier molecular flexibility index (Phi) is 6.16. The molecule has 148 valence electrons. The Morgan fingerprint density at radius 3 is 2.11 bits per heavy atom. The Bertz CT molecular complexity index is 793. The molecule has 1 aromatic carbocycles. The molecule has 2 saturated heterocycles. The molecule has 0 spiro atoms. The number of hydrogen-bond acceptors (Lipinski definition) is 4. The largest absolute Gasteiger partial charge is 0.366 e. The van der Waals surface area contributed by atoms with Crippen LogP contribution in [0.15, 0.2) is 29.2 Å². The summed E-state index contributed by atoms with van der Waals surface area (Å²) in [6, 6.07) is 5.99. The molecule has 7 nitrogen and oxygen atoms in total. The SMILES string of the molecule is NC(=O)c1ccccc1S(=O)(=O)N1CCC(C(=O)N2CCCCCC2)CC1. The normalized spacial score (nSPS) is 20.2. The number of benzene rings is 1. The van der Waals surface area contributed by atoms with Crippen LogP contribution in [0.1, 0.15) is 48.9 Å². The zero-order valence-corrected chi connectivity index (χ0v) is 16.3. The van der Waals surface area contributed by atoms with Gasteiger partial charge in [-0.2, -0.15) is 4.31 Å². The molecule has 8 heteroatoms. The van der Waals surface area contributed by atoms with Gasteiger partial charge in [-0.25, -0.2) is 8.42 Å². The number of carbonyl (C=O) groups is 2. The molecular formula is C19H27N3O4S. The summed E-state index contributed by atoms with van der Waals surface area (Å²) in [6.07, 6.45) is 5.44. The van der Waals surface area contributed by atoms with Crippen LogP contribution in [0.5, 0.6) is 0 Å². The average molecular weight is 394 g/mol. The van der Waals surface area contributed by atoms with Gasteiger partial charge in [-0.05, 0) is 37.8 Å². The second-order valence-electron chi connectivity index (χ2n) is 7.28. The number of carbonyl (C=O) groups excluding carboxylic acids is 2. The first-order valence-electron chi connectivity index (χ1n) is 9.59. The van der Waals surface area contributed by atoms with Crippen LogP contribution in [-0.4, -0.2) is 55.6 Å². The van der Waals surface area contributed by atoms with Gasteiger partial charge in [0, 0.05) is 32.1 Å². The Labute approximate surface area is 160 Å². The molecule has 0 aliphatic carbocycles. The van der Waals surface area contributed by atoms with Crippen LogP contribution in [0.2, 0.25) is 0 Å². The van der Waals surface area contributed by atoms with Crippen LogP contribution in [0.25, 0.3) is 0 Å². The van der Waals surface area contributed by atoms with Crippen molar-refractivity contribution in [3.8, 4) is 0 Å². The summed E-state index contributed by atoms with van der Waals surface area (Å²) < 4.78 is 27.3. The molecule has 2 amide bonds. The minimum absolute atomic E-state index is 0.000247. The van der Waals surface area contributed by atoms with Gasteiger partial charge >= 0.3 is 0 Å². The van der Waals surface area contributed by atoms with E-state index in [1.807, 2.05) is 4.90 Å². The predicted octanol–water partition coefficient (Wildman–Crippen LogP) is 1.59. The van der Waals surface area contributed by atoms with E-state index in [-0.39, 0.29) is 35.4 Å². The van der Waals surface area contributed by atoms with Crippen LogP contribution in [0.3, 0.4) is 0 Å². The molecular weight excluding hydrogens is 366 g/mol. The van der Waals surface area contributed by atoms with Gasteiger partial charge in [-0.3, -0.25) is 9.59 Å². The summed E-state index contributed by atoms with van der Waals surface area (Å²) in [6.45, 7) is 2.17. The number of piperidine rings is 1. The Balaban J connectivity index is 1.68. The van der Waals surface area contributed by atoms with E-state index in [0.717, 1.165) is 25.9 Å². The first-order chi connectivity index (χ1) is 12.9. The number of nitrogens with zero attached hydrogens (tertiary/aromatic N) is 2. The Morgan fingerprint density at radius 2 is 1.52 bits per heavy atom. The number of primary amides is 1. The monoisotopic (exact) mass is 393 g/mol. The minimum Gasteiger partial charge on any atom is -0.366 e. The van der Waals surface area contributed by atoms with Gasteiger partial charge in [0.2, 0.25) is 21.8 Å². The average Bonchev–Trinajstić information content (AvgIpc) is 2.97. The fourth-order valence-corrected chi connectivity index (χ4v) is 5.59. The third-order valence-electron chi connectivity index (χ3n) is 5.49. The second-order valence-corrected chi connectivity index (χ2v) is 9.18. The van der Waals surface area contributed by atoms with Crippen LogP contribution < -0.4 is 5.73 Å². The summed E-state index contributed by atoms with van der Waals surface area (Å²) in [7, 11) is -3.81. The summed E-state index contributed by atoms with van der Waals surface area (Å²) in [5.41, 5.74) is 5.33. The highest BCUT2D eigenvalue weighted by atomic mass is 32.2. The van der Waals surface area contributed by atoms with E-state index in [1.54, 1.807) is 12.1 Å². The van der Waals surface area contributed by atoms with Gasteiger partial charge in [-0.15, -0.1) is 0 Å². The molecule has 0 bridgehead atoms. The van der Waals surface area contributed by atoms with Crippen molar-refractivity contribution in [2.24, 2.45) is 11.7 Å². The molecule has 2 aliphatic heterocycles. The lowest BCUT2D eigenvalue weighted by Gasteiger charge is -2.33. The fraction of sp³-hybridized carbons (Fsp3) is 0.579. The second kappa shape index (κ2) is 8.39. The molecule has 2 fully saturated rings. The summed E-state index contributed by atoms with van der Waals surface area (Å²) in [4.78, 5) is 26.2. The molecule has 0 saturated carbocycles. The molecule has 2 heterocycles. The van der Waals surface area contributed by atoms with Gasteiger partial charge in [0.05, 0.1) is 10.5 Å². The van der Waals surface area contributed by atoms with Crippen molar-refractivity contribution in [3.63, 3.8) is 0 Å². The lowest BCUT2D eigenvalue weighted by atomic mass is 9.96. The topological polar surface area (TPSA) is 101 Å². The van der Waals surface area contributed by atoms with Gasteiger partial charge in [0.25, 0.3) is 0 Å². The molecule has 3 rings (SSSR count). The van der Waals surface area contributed by atoms with E-state index in [9.17, 15) is 18.0 Å². The fourth-order valence-electron chi connectivity index (χ4n) is 3.93. The van der Waals surface area contributed by atoms with Gasteiger partial charge < -0.3 is 10.6 Å². The molecule has 0 aromatic heterocycles. The molecule has 27 heavy (non-hydrogen) atoms.